The fourth-order valence-corrected chi connectivity index (χ4v) is 5.96. The molecule has 5 rings (SSSR count). The van der Waals surface area contributed by atoms with Crippen molar-refractivity contribution in [2.75, 3.05) is 36.5 Å². The molecule has 0 bridgehead atoms. The van der Waals surface area contributed by atoms with Crippen molar-refractivity contribution in [3.8, 4) is 21.0 Å². The topological polar surface area (TPSA) is 129 Å². The highest BCUT2D eigenvalue weighted by molar-refractivity contribution is 8.00. The first-order chi connectivity index (χ1) is 21.4. The molecule has 9 nitrogen and oxygen atoms in total. The van der Waals surface area contributed by atoms with Gasteiger partial charge in [0.2, 0.25) is 0 Å². The van der Waals surface area contributed by atoms with Gasteiger partial charge in [0.15, 0.2) is 0 Å². The maximum Gasteiger partial charge on any atom is 0.490 e. The van der Waals surface area contributed by atoms with Crippen LogP contribution in [0.2, 0.25) is 0 Å². The summed E-state index contributed by atoms with van der Waals surface area (Å²) in [5, 5.41) is 19.5. The van der Waals surface area contributed by atoms with Crippen molar-refractivity contribution in [3.63, 3.8) is 0 Å². The summed E-state index contributed by atoms with van der Waals surface area (Å²) in [4.78, 5) is 42.2. The summed E-state index contributed by atoms with van der Waals surface area (Å²) in [6.07, 6.45) is -5.08. The number of nitrogens with zero attached hydrogens (tertiary/aromatic N) is 2. The Labute approximate surface area is 264 Å². The lowest BCUT2D eigenvalue weighted by Crippen LogP contribution is -2.36. The van der Waals surface area contributed by atoms with Gasteiger partial charge in [-0.2, -0.15) is 13.2 Å². The van der Waals surface area contributed by atoms with Crippen molar-refractivity contribution in [1.29, 1.82) is 0 Å². The van der Waals surface area contributed by atoms with Crippen molar-refractivity contribution < 1.29 is 42.5 Å². The molecule has 1 atom stereocenters. The number of morpholine rings is 1. The molecule has 3 aromatic carbocycles. The molecule has 4 aromatic rings. The first kappa shape index (κ1) is 33.5. The van der Waals surface area contributed by atoms with Crippen LogP contribution in [-0.2, 0) is 14.3 Å². The van der Waals surface area contributed by atoms with Gasteiger partial charge in [-0.25, -0.2) is 9.78 Å². The zero-order chi connectivity index (χ0) is 32.6. The number of carbonyl (C=O) groups is 3. The predicted octanol–water partition coefficient (Wildman–Crippen LogP) is 6.76. The largest absolute Gasteiger partial charge is 0.490 e. The molecule has 0 aliphatic carbocycles. The van der Waals surface area contributed by atoms with Crippen LogP contribution in [0.1, 0.15) is 17.4 Å². The summed E-state index contributed by atoms with van der Waals surface area (Å²) >= 11 is 2.75. The Hall–Kier alpha value is -4.40. The molecule has 45 heavy (non-hydrogen) atoms. The molecule has 1 saturated heterocycles. The van der Waals surface area contributed by atoms with Crippen LogP contribution in [0, 0.1) is 0 Å². The molecule has 1 unspecified atom stereocenters. The van der Waals surface area contributed by atoms with E-state index < -0.39 is 23.4 Å². The van der Waals surface area contributed by atoms with E-state index in [0.717, 1.165) is 57.9 Å². The summed E-state index contributed by atoms with van der Waals surface area (Å²) in [7, 11) is 0. The number of aromatic nitrogens is 1. The molecule has 1 aromatic heterocycles. The minimum Gasteiger partial charge on any atom is -0.480 e. The second-order valence-electron chi connectivity index (χ2n) is 9.59. The van der Waals surface area contributed by atoms with Crippen LogP contribution in [-0.4, -0.2) is 70.8 Å². The van der Waals surface area contributed by atoms with Crippen molar-refractivity contribution in [2.45, 2.75) is 23.2 Å². The van der Waals surface area contributed by atoms with Gasteiger partial charge >= 0.3 is 18.1 Å². The number of carboxylic acids is 2. The van der Waals surface area contributed by atoms with Gasteiger partial charge in [0.1, 0.15) is 16.0 Å². The lowest BCUT2D eigenvalue weighted by atomic mass is 10.1. The molecule has 0 saturated carbocycles. The van der Waals surface area contributed by atoms with Gasteiger partial charge < -0.3 is 25.2 Å². The van der Waals surface area contributed by atoms with Gasteiger partial charge in [-0.1, -0.05) is 42.5 Å². The van der Waals surface area contributed by atoms with Gasteiger partial charge in [-0.05, 0) is 48.9 Å². The Morgan fingerprint density at radius 1 is 0.933 bits per heavy atom. The standard InChI is InChI=1S/C29H27N3O4S2.C2HF3O2/c1-19(29(34)35)37-24-13-7-21(8-14-24)28-31-25(26(38-28)20-5-3-2-4-6-20)27(33)30-22-9-11-23(12-10-22)32-15-17-36-18-16-32;3-2(4,5)1(6)7/h2-14,19H,15-18H2,1H3,(H,30,33)(H,34,35);(H,6,7). The summed E-state index contributed by atoms with van der Waals surface area (Å²) in [6, 6.07) is 25.2. The van der Waals surface area contributed by atoms with E-state index in [1.807, 2.05) is 78.9 Å². The van der Waals surface area contributed by atoms with Crippen LogP contribution >= 0.6 is 23.1 Å². The Bertz CT molecular complexity index is 1610. The predicted molar refractivity (Wildman–Crippen MR) is 167 cm³/mol. The number of nitrogens with one attached hydrogen (secondary N) is 1. The Morgan fingerprint density at radius 2 is 1.53 bits per heavy atom. The highest BCUT2D eigenvalue weighted by atomic mass is 32.2. The smallest absolute Gasteiger partial charge is 0.480 e. The minimum atomic E-state index is -5.08. The lowest BCUT2D eigenvalue weighted by Gasteiger charge is -2.28. The Morgan fingerprint density at radius 3 is 2.09 bits per heavy atom. The molecular formula is C31H28F3N3O6S2. The fourth-order valence-electron chi connectivity index (χ4n) is 4.08. The van der Waals surface area contributed by atoms with Crippen LogP contribution in [0.15, 0.2) is 83.8 Å². The van der Waals surface area contributed by atoms with E-state index in [-0.39, 0.29) is 5.91 Å². The summed E-state index contributed by atoms with van der Waals surface area (Å²) in [5.74, 6) is -3.88. The van der Waals surface area contributed by atoms with Crippen LogP contribution in [0.4, 0.5) is 24.5 Å². The molecule has 1 fully saturated rings. The number of ether oxygens (including phenoxy) is 1. The van der Waals surface area contributed by atoms with E-state index >= 15 is 0 Å². The molecule has 1 amide bonds. The third-order valence-electron chi connectivity index (χ3n) is 6.38. The normalized spacial score (nSPS) is 13.7. The molecule has 236 valence electrons. The maximum atomic E-state index is 13.4. The quantitative estimate of drug-likeness (QED) is 0.176. The highest BCUT2D eigenvalue weighted by Gasteiger charge is 2.38. The zero-order valence-corrected chi connectivity index (χ0v) is 25.4. The third-order valence-corrected chi connectivity index (χ3v) is 8.64. The monoisotopic (exact) mass is 659 g/mol. The third kappa shape index (κ3) is 9.30. The van der Waals surface area contributed by atoms with E-state index in [4.69, 9.17) is 19.6 Å². The average Bonchev–Trinajstić information content (AvgIpc) is 3.48. The number of thiazole rings is 1. The van der Waals surface area contributed by atoms with Gasteiger partial charge in [0.05, 0.1) is 18.1 Å². The van der Waals surface area contributed by atoms with Gasteiger partial charge in [-0.15, -0.1) is 23.1 Å². The number of amides is 1. The van der Waals surface area contributed by atoms with Crippen molar-refractivity contribution >= 4 is 52.3 Å². The van der Waals surface area contributed by atoms with E-state index in [1.165, 1.54) is 23.1 Å². The Balaban J connectivity index is 0.000000591. The van der Waals surface area contributed by atoms with Crippen LogP contribution in [0.3, 0.4) is 0 Å². The van der Waals surface area contributed by atoms with E-state index in [9.17, 15) is 27.9 Å². The number of thioether (sulfide) groups is 1. The van der Waals surface area contributed by atoms with Gasteiger partial charge in [0.25, 0.3) is 5.91 Å². The van der Waals surface area contributed by atoms with Gasteiger partial charge in [0, 0.05) is 34.9 Å². The number of carbonyl (C=O) groups excluding carboxylic acids is 1. The number of rotatable bonds is 8. The number of hydrogen-bond donors (Lipinski definition) is 3. The summed E-state index contributed by atoms with van der Waals surface area (Å²) < 4.78 is 37.2. The van der Waals surface area contributed by atoms with Crippen LogP contribution in [0.25, 0.3) is 21.0 Å². The number of benzene rings is 3. The molecule has 2 heterocycles. The minimum absolute atomic E-state index is 0.270. The van der Waals surface area contributed by atoms with Crippen molar-refractivity contribution in [3.05, 3.63) is 84.6 Å². The SMILES string of the molecule is CC(Sc1ccc(-c2nc(C(=O)Nc3ccc(N4CCOCC4)cc3)c(-c3ccccc3)s2)cc1)C(=O)O.O=C(O)C(F)(F)F. The molecule has 0 spiro atoms. The first-order valence-corrected chi connectivity index (χ1v) is 15.2. The second-order valence-corrected chi connectivity index (χ2v) is 12.0. The number of hydrogen-bond acceptors (Lipinski definition) is 8. The Kier molecular flexibility index (Phi) is 11.2. The highest BCUT2D eigenvalue weighted by Crippen LogP contribution is 2.37. The van der Waals surface area contributed by atoms with Crippen LogP contribution in [0.5, 0.6) is 0 Å². The van der Waals surface area contributed by atoms with Crippen molar-refractivity contribution in [1.82, 2.24) is 4.98 Å². The molecule has 1 aliphatic rings. The maximum absolute atomic E-state index is 13.4. The number of carboxylic acid groups (broad SMARTS) is 2. The lowest BCUT2D eigenvalue weighted by molar-refractivity contribution is -0.192. The molecule has 3 N–H and O–H groups in total. The fraction of sp³-hybridized carbons (Fsp3) is 0.226. The molecule has 0 radical (unpaired) electrons. The second kappa shape index (κ2) is 15.1. The summed E-state index contributed by atoms with van der Waals surface area (Å²) in [5.41, 5.74) is 3.97. The van der Waals surface area contributed by atoms with E-state index in [2.05, 4.69) is 10.2 Å². The summed E-state index contributed by atoms with van der Waals surface area (Å²) in [6.45, 7) is 4.80. The van der Waals surface area contributed by atoms with E-state index in [0.29, 0.717) is 11.4 Å². The number of anilines is 2. The first-order valence-electron chi connectivity index (χ1n) is 13.5. The average molecular weight is 660 g/mol. The zero-order valence-electron chi connectivity index (χ0n) is 23.8. The molecule has 1 aliphatic heterocycles. The number of alkyl halides is 3. The molecule has 14 heteroatoms. The van der Waals surface area contributed by atoms with Crippen LogP contribution < -0.4 is 10.2 Å². The number of halogens is 3. The van der Waals surface area contributed by atoms with Gasteiger partial charge in [-0.3, -0.25) is 9.59 Å². The van der Waals surface area contributed by atoms with E-state index in [1.54, 1.807) is 6.92 Å². The van der Waals surface area contributed by atoms with Crippen molar-refractivity contribution in [2.24, 2.45) is 0 Å². The number of aliphatic carboxylic acids is 2. The molecular weight excluding hydrogens is 631 g/mol.